The Morgan fingerprint density at radius 1 is 1.11 bits per heavy atom. The highest BCUT2D eigenvalue weighted by atomic mass is 35.6. The Morgan fingerprint density at radius 2 is 1.80 bits per heavy atom. The predicted molar refractivity (Wildman–Crippen MR) is 128 cm³/mol. The molecule has 190 valence electrons. The van der Waals surface area contributed by atoms with Crippen LogP contribution in [0, 0.1) is 0 Å². The van der Waals surface area contributed by atoms with Gasteiger partial charge in [0, 0.05) is 18.2 Å². The quantitative estimate of drug-likeness (QED) is 0.219. The maximum Gasteiger partial charge on any atom is 0.408 e. The van der Waals surface area contributed by atoms with E-state index in [1.54, 1.807) is 24.3 Å². The van der Waals surface area contributed by atoms with Gasteiger partial charge in [-0.15, -0.1) is 11.8 Å². The largest absolute Gasteiger partial charge is 0.497 e. The number of halogens is 3. The van der Waals surface area contributed by atoms with Crippen LogP contribution in [0.1, 0.15) is 12.5 Å². The number of alkyl halides is 3. The first-order valence-electron chi connectivity index (χ1n) is 10.1. The number of methoxy groups -OCH3 is 1. The zero-order valence-electron chi connectivity index (χ0n) is 18.5. The van der Waals surface area contributed by atoms with E-state index in [4.69, 9.17) is 53.8 Å². The molecule has 0 radical (unpaired) electrons. The van der Waals surface area contributed by atoms with Gasteiger partial charge in [-0.25, -0.2) is 9.59 Å². The number of carbonyl (C=O) groups excluding carboxylic acids is 4. The van der Waals surface area contributed by atoms with Crippen molar-refractivity contribution in [2.75, 3.05) is 26.1 Å². The summed E-state index contributed by atoms with van der Waals surface area (Å²) >= 11 is 18.0. The summed E-state index contributed by atoms with van der Waals surface area (Å²) in [4.78, 5) is 50.4. The van der Waals surface area contributed by atoms with Gasteiger partial charge in [0.05, 0.1) is 7.11 Å². The first-order chi connectivity index (χ1) is 16.5. The SMILES string of the molecule is COc1ccc(COC(=O)C2=C(COC(C)=O)CS[C@@H]3[C@H](NC(=O)OCC(Cl)(Cl)Cl)C(=O)N23)cc1. The van der Waals surface area contributed by atoms with Gasteiger partial charge in [0.25, 0.3) is 5.91 Å². The number of nitrogens with one attached hydrogen (secondary N) is 1. The second-order valence-corrected chi connectivity index (χ2v) is 11.0. The first-order valence-corrected chi connectivity index (χ1v) is 12.3. The lowest BCUT2D eigenvalue weighted by Gasteiger charge is -2.49. The van der Waals surface area contributed by atoms with Crippen LogP contribution in [0.4, 0.5) is 4.79 Å². The van der Waals surface area contributed by atoms with Crippen molar-refractivity contribution in [2.45, 2.75) is 28.7 Å². The molecular weight excluding hydrogens is 547 g/mol. The van der Waals surface area contributed by atoms with Gasteiger partial charge in [0.1, 0.15) is 42.7 Å². The van der Waals surface area contributed by atoms with Crippen LogP contribution in [-0.2, 0) is 35.2 Å². The number of thioether (sulfide) groups is 1. The van der Waals surface area contributed by atoms with E-state index < -0.39 is 45.8 Å². The highest BCUT2D eigenvalue weighted by Gasteiger charge is 2.54. The van der Waals surface area contributed by atoms with Gasteiger partial charge in [-0.05, 0) is 17.7 Å². The number of hydrogen-bond donors (Lipinski definition) is 1. The van der Waals surface area contributed by atoms with Crippen molar-refractivity contribution < 1.29 is 38.1 Å². The number of nitrogens with zero attached hydrogens (tertiary/aromatic N) is 1. The summed E-state index contributed by atoms with van der Waals surface area (Å²) in [6.07, 6.45) is -0.951. The number of carbonyl (C=O) groups is 4. The monoisotopic (exact) mass is 566 g/mol. The van der Waals surface area contributed by atoms with Gasteiger partial charge in [-0.1, -0.05) is 46.9 Å². The minimum Gasteiger partial charge on any atom is -0.497 e. The number of benzene rings is 1. The van der Waals surface area contributed by atoms with Crippen molar-refractivity contribution in [2.24, 2.45) is 0 Å². The van der Waals surface area contributed by atoms with E-state index in [0.29, 0.717) is 16.9 Å². The van der Waals surface area contributed by atoms with E-state index in [9.17, 15) is 19.2 Å². The average Bonchev–Trinajstić information content (AvgIpc) is 2.82. The van der Waals surface area contributed by atoms with Crippen LogP contribution >= 0.6 is 46.6 Å². The molecule has 0 unspecified atom stereocenters. The van der Waals surface area contributed by atoms with Crippen molar-refractivity contribution in [3.63, 3.8) is 0 Å². The summed E-state index contributed by atoms with van der Waals surface area (Å²) in [5.74, 6) is -0.961. The molecule has 3 rings (SSSR count). The lowest BCUT2D eigenvalue weighted by Crippen LogP contribution is -2.70. The normalized spacial score (nSPS) is 19.3. The number of hydrogen-bond acceptors (Lipinski definition) is 9. The number of alkyl carbamates (subject to hydrolysis) is 1. The van der Waals surface area contributed by atoms with Gasteiger partial charge in [-0.3, -0.25) is 14.5 Å². The predicted octanol–water partition coefficient (Wildman–Crippen LogP) is 2.94. The number of amides is 2. The third-order valence-corrected chi connectivity index (χ3v) is 6.53. The molecule has 35 heavy (non-hydrogen) atoms. The van der Waals surface area contributed by atoms with Crippen LogP contribution < -0.4 is 10.1 Å². The van der Waals surface area contributed by atoms with Gasteiger partial charge in [0.15, 0.2) is 0 Å². The third kappa shape index (κ3) is 7.09. The van der Waals surface area contributed by atoms with Crippen LogP contribution in [-0.4, -0.2) is 70.1 Å². The van der Waals surface area contributed by atoms with Gasteiger partial charge in [-0.2, -0.15) is 0 Å². The Labute approximate surface area is 220 Å². The molecule has 0 aromatic heterocycles. The molecule has 0 saturated carbocycles. The molecule has 10 nitrogen and oxygen atoms in total. The molecule has 0 bridgehead atoms. The second-order valence-electron chi connectivity index (χ2n) is 7.38. The molecule has 2 amide bonds. The molecule has 1 aromatic rings. The number of rotatable bonds is 8. The van der Waals surface area contributed by atoms with Crippen LogP contribution in [0.15, 0.2) is 35.5 Å². The van der Waals surface area contributed by atoms with E-state index in [-0.39, 0.29) is 24.7 Å². The lowest BCUT2D eigenvalue weighted by atomic mass is 10.0. The van der Waals surface area contributed by atoms with E-state index in [1.165, 1.54) is 30.7 Å². The molecule has 2 aliphatic rings. The molecule has 1 N–H and O–H groups in total. The second kappa shape index (κ2) is 11.6. The summed E-state index contributed by atoms with van der Waals surface area (Å²) < 4.78 is 18.6. The van der Waals surface area contributed by atoms with E-state index in [2.05, 4.69) is 5.32 Å². The number of β-lactam (4-membered cyclic amide) rings is 1. The highest BCUT2D eigenvalue weighted by molar-refractivity contribution is 8.00. The van der Waals surface area contributed by atoms with Crippen molar-refractivity contribution in [3.8, 4) is 5.75 Å². The fraction of sp³-hybridized carbons (Fsp3) is 0.429. The Balaban J connectivity index is 1.71. The van der Waals surface area contributed by atoms with Crippen molar-refractivity contribution in [1.29, 1.82) is 0 Å². The molecule has 0 aliphatic carbocycles. The smallest absolute Gasteiger partial charge is 0.408 e. The number of fused-ring (bicyclic) bond motifs is 1. The molecule has 0 spiro atoms. The zero-order valence-corrected chi connectivity index (χ0v) is 21.6. The molecule has 2 atom stereocenters. The fourth-order valence-corrected chi connectivity index (χ4v) is 4.72. The van der Waals surface area contributed by atoms with E-state index in [1.807, 2.05) is 0 Å². The fourth-order valence-electron chi connectivity index (χ4n) is 3.23. The van der Waals surface area contributed by atoms with Gasteiger partial charge in [0.2, 0.25) is 3.79 Å². The number of esters is 2. The Hall–Kier alpha value is -2.34. The molecule has 14 heteroatoms. The maximum absolute atomic E-state index is 13.0. The molecule has 2 aliphatic heterocycles. The van der Waals surface area contributed by atoms with Crippen LogP contribution in [0.2, 0.25) is 0 Å². The summed E-state index contributed by atoms with van der Waals surface area (Å²) in [5.41, 5.74) is 1.09. The summed E-state index contributed by atoms with van der Waals surface area (Å²) in [6.45, 7) is 0.479. The van der Waals surface area contributed by atoms with Crippen LogP contribution in [0.3, 0.4) is 0 Å². The molecule has 1 aromatic carbocycles. The lowest BCUT2D eigenvalue weighted by molar-refractivity contribution is -0.152. The van der Waals surface area contributed by atoms with Gasteiger partial charge >= 0.3 is 18.0 Å². The minimum atomic E-state index is -1.80. The van der Waals surface area contributed by atoms with Crippen molar-refractivity contribution in [3.05, 3.63) is 41.1 Å². The average molecular weight is 568 g/mol. The highest BCUT2D eigenvalue weighted by Crippen LogP contribution is 2.41. The Bertz CT molecular complexity index is 1030. The van der Waals surface area contributed by atoms with Crippen molar-refractivity contribution in [1.82, 2.24) is 10.2 Å². The Morgan fingerprint density at radius 3 is 2.40 bits per heavy atom. The standard InChI is InChI=1S/C21H21Cl3N2O8S/c1-11(27)32-8-13-9-35-18-15(25-20(30)34-10-21(22,23)24)17(28)26(18)16(13)19(29)33-7-12-3-5-14(31-2)6-4-12/h3-6,15,18H,7-10H2,1-2H3,(H,25,30)/t15-,18-/m1/s1. The maximum atomic E-state index is 13.0. The van der Waals surface area contributed by atoms with Crippen LogP contribution in [0.25, 0.3) is 0 Å². The van der Waals surface area contributed by atoms with E-state index in [0.717, 1.165) is 0 Å². The molecule has 1 fully saturated rings. The summed E-state index contributed by atoms with van der Waals surface area (Å²) in [5, 5.41) is 1.81. The molecular formula is C21H21Cl3N2O8S. The van der Waals surface area contributed by atoms with Crippen molar-refractivity contribution >= 4 is 70.5 Å². The summed E-state index contributed by atoms with van der Waals surface area (Å²) in [6, 6.07) is 5.94. The topological polar surface area (TPSA) is 120 Å². The minimum absolute atomic E-state index is 0.0266. The van der Waals surface area contributed by atoms with Crippen LogP contribution in [0.5, 0.6) is 5.75 Å². The zero-order chi connectivity index (χ0) is 25.8. The Kier molecular flexibility index (Phi) is 9.03. The summed E-state index contributed by atoms with van der Waals surface area (Å²) in [7, 11) is 1.54. The molecule has 1 saturated heterocycles. The third-order valence-electron chi connectivity index (χ3n) is 4.86. The molecule has 2 heterocycles. The first kappa shape index (κ1) is 27.3. The van der Waals surface area contributed by atoms with Gasteiger partial charge < -0.3 is 24.3 Å². The van der Waals surface area contributed by atoms with E-state index >= 15 is 0 Å². The number of ether oxygens (including phenoxy) is 4.